The summed E-state index contributed by atoms with van der Waals surface area (Å²) in [6.07, 6.45) is 6.31. The summed E-state index contributed by atoms with van der Waals surface area (Å²) in [6, 6.07) is 8.09. The molecular weight excluding hydrogens is 314 g/mol. The number of azide groups is 1. The first kappa shape index (κ1) is 21.0. The predicted octanol–water partition coefficient (Wildman–Crippen LogP) is 6.14. The zero-order valence-electron chi connectivity index (χ0n) is 16.0. The van der Waals surface area contributed by atoms with Gasteiger partial charge in [0, 0.05) is 11.3 Å². The fraction of sp³-hybridized carbons (Fsp3) is 0.650. The molecule has 0 N–H and O–H groups in total. The molecule has 0 saturated carbocycles. The van der Waals surface area contributed by atoms with E-state index in [9.17, 15) is 4.79 Å². The van der Waals surface area contributed by atoms with Gasteiger partial charge in [-0.3, -0.25) is 4.79 Å². The Kier molecular flexibility index (Phi) is 9.07. The average Bonchev–Trinajstić information content (AvgIpc) is 2.57. The van der Waals surface area contributed by atoms with Crippen molar-refractivity contribution >= 4 is 5.97 Å². The standard InChI is InChI=1S/C20H31N3O2/c1-20(2,3)15-6-5-9-18(22-23-21)17-13-11-16(12-14-17)8-7-10-19(24)25-4/h11-14,18H,5-10,15H2,1-4H3. The van der Waals surface area contributed by atoms with Crippen molar-refractivity contribution in [2.24, 2.45) is 10.5 Å². The van der Waals surface area contributed by atoms with E-state index in [4.69, 9.17) is 5.53 Å². The third-order valence-electron chi connectivity index (χ3n) is 4.28. The minimum Gasteiger partial charge on any atom is -0.469 e. The van der Waals surface area contributed by atoms with Crippen LogP contribution in [0.25, 0.3) is 10.4 Å². The molecule has 138 valence electrons. The van der Waals surface area contributed by atoms with Crippen molar-refractivity contribution in [3.05, 3.63) is 45.8 Å². The van der Waals surface area contributed by atoms with Crippen molar-refractivity contribution < 1.29 is 9.53 Å². The smallest absolute Gasteiger partial charge is 0.305 e. The topological polar surface area (TPSA) is 75.1 Å². The number of carbonyl (C=O) groups excluding carboxylic acids is 1. The van der Waals surface area contributed by atoms with Crippen LogP contribution in [0.5, 0.6) is 0 Å². The number of rotatable bonds is 10. The lowest BCUT2D eigenvalue weighted by Gasteiger charge is -2.18. The number of esters is 1. The van der Waals surface area contributed by atoms with E-state index >= 15 is 0 Å². The first-order valence-corrected chi connectivity index (χ1v) is 9.05. The van der Waals surface area contributed by atoms with Crippen LogP contribution in [0.3, 0.4) is 0 Å². The lowest BCUT2D eigenvalue weighted by molar-refractivity contribution is -0.140. The summed E-state index contributed by atoms with van der Waals surface area (Å²) in [5, 5.41) is 3.97. The molecule has 0 spiro atoms. The number of ether oxygens (including phenoxy) is 1. The van der Waals surface area contributed by atoms with Crippen LogP contribution in [-0.4, -0.2) is 13.1 Å². The normalized spacial score (nSPS) is 12.3. The molecule has 1 unspecified atom stereocenters. The molecule has 1 aromatic carbocycles. The number of benzene rings is 1. The van der Waals surface area contributed by atoms with Crippen molar-refractivity contribution in [3.8, 4) is 0 Å². The molecule has 0 aliphatic carbocycles. The van der Waals surface area contributed by atoms with Crippen molar-refractivity contribution in [3.63, 3.8) is 0 Å². The first-order valence-electron chi connectivity index (χ1n) is 9.05. The van der Waals surface area contributed by atoms with Crippen LogP contribution in [0.1, 0.15) is 76.5 Å². The van der Waals surface area contributed by atoms with Crippen LogP contribution < -0.4 is 0 Å². The molecule has 0 aromatic heterocycles. The Morgan fingerprint density at radius 2 is 1.88 bits per heavy atom. The van der Waals surface area contributed by atoms with Crippen molar-refractivity contribution in [2.45, 2.75) is 71.8 Å². The second-order valence-corrected chi connectivity index (χ2v) is 7.70. The Hall–Kier alpha value is -2.00. The van der Waals surface area contributed by atoms with Gasteiger partial charge in [-0.15, -0.1) is 0 Å². The van der Waals surface area contributed by atoms with E-state index in [1.807, 2.05) is 12.1 Å². The number of unbranched alkanes of at least 4 members (excludes halogenated alkanes) is 1. The molecule has 5 nitrogen and oxygen atoms in total. The van der Waals surface area contributed by atoms with Gasteiger partial charge in [0.1, 0.15) is 0 Å². The molecule has 0 saturated heterocycles. The molecular formula is C20H31N3O2. The van der Waals surface area contributed by atoms with E-state index in [1.54, 1.807) is 0 Å². The number of hydrogen-bond acceptors (Lipinski definition) is 3. The Bertz CT molecular complexity index is 570. The van der Waals surface area contributed by atoms with E-state index in [2.05, 4.69) is 47.7 Å². The lowest BCUT2D eigenvalue weighted by Crippen LogP contribution is -2.04. The van der Waals surface area contributed by atoms with Gasteiger partial charge in [-0.25, -0.2) is 0 Å². The van der Waals surface area contributed by atoms with Crippen LogP contribution in [0, 0.1) is 5.41 Å². The summed E-state index contributed by atoms with van der Waals surface area (Å²) < 4.78 is 4.65. The molecule has 5 heteroatoms. The summed E-state index contributed by atoms with van der Waals surface area (Å²) in [4.78, 5) is 14.2. The first-order chi connectivity index (χ1) is 11.9. The van der Waals surface area contributed by atoms with Crippen LogP contribution in [0.15, 0.2) is 29.4 Å². The summed E-state index contributed by atoms with van der Waals surface area (Å²) >= 11 is 0. The second-order valence-electron chi connectivity index (χ2n) is 7.70. The van der Waals surface area contributed by atoms with Crippen molar-refractivity contribution in [1.29, 1.82) is 0 Å². The third kappa shape index (κ3) is 9.16. The minimum absolute atomic E-state index is 0.103. The van der Waals surface area contributed by atoms with Crippen LogP contribution in [0.4, 0.5) is 0 Å². The number of carbonyl (C=O) groups is 1. The summed E-state index contributed by atoms with van der Waals surface area (Å²) in [5.74, 6) is -0.171. The van der Waals surface area contributed by atoms with Gasteiger partial charge in [-0.05, 0) is 47.8 Å². The molecule has 1 rings (SSSR count). The molecule has 1 atom stereocenters. The Balaban J connectivity index is 2.53. The van der Waals surface area contributed by atoms with E-state index < -0.39 is 0 Å². The monoisotopic (exact) mass is 345 g/mol. The molecule has 0 radical (unpaired) electrons. The largest absolute Gasteiger partial charge is 0.469 e. The van der Waals surface area contributed by atoms with E-state index in [0.717, 1.165) is 37.7 Å². The van der Waals surface area contributed by atoms with Gasteiger partial charge in [0.15, 0.2) is 0 Å². The number of aryl methyl sites for hydroxylation is 1. The molecule has 0 heterocycles. The maximum Gasteiger partial charge on any atom is 0.305 e. The van der Waals surface area contributed by atoms with Crippen LogP contribution in [-0.2, 0) is 16.0 Å². The molecule has 0 bridgehead atoms. The van der Waals surface area contributed by atoms with Gasteiger partial charge in [0.2, 0.25) is 0 Å². The van der Waals surface area contributed by atoms with Gasteiger partial charge < -0.3 is 4.74 Å². The van der Waals surface area contributed by atoms with Crippen molar-refractivity contribution in [2.75, 3.05) is 7.11 Å². The molecule has 0 aliphatic heterocycles. The van der Waals surface area contributed by atoms with E-state index in [0.29, 0.717) is 11.8 Å². The highest BCUT2D eigenvalue weighted by Gasteiger charge is 2.12. The maximum absolute atomic E-state index is 11.1. The quantitative estimate of drug-likeness (QED) is 0.168. The average molecular weight is 345 g/mol. The van der Waals surface area contributed by atoms with Crippen molar-refractivity contribution in [1.82, 2.24) is 0 Å². The van der Waals surface area contributed by atoms with E-state index in [-0.39, 0.29) is 12.0 Å². The molecule has 0 aliphatic rings. The summed E-state index contributed by atoms with van der Waals surface area (Å²) in [6.45, 7) is 6.74. The second kappa shape index (κ2) is 10.8. The number of nitrogens with zero attached hydrogens (tertiary/aromatic N) is 3. The highest BCUT2D eigenvalue weighted by Crippen LogP contribution is 2.27. The maximum atomic E-state index is 11.1. The molecule has 1 aromatic rings. The van der Waals surface area contributed by atoms with Gasteiger partial charge in [-0.2, -0.15) is 0 Å². The summed E-state index contributed by atoms with van der Waals surface area (Å²) in [7, 11) is 1.41. The van der Waals surface area contributed by atoms with Gasteiger partial charge in [-0.1, -0.05) is 63.0 Å². The van der Waals surface area contributed by atoms with Gasteiger partial charge in [0.25, 0.3) is 0 Å². The zero-order chi connectivity index (χ0) is 18.7. The molecule has 0 amide bonds. The fourth-order valence-electron chi connectivity index (χ4n) is 2.79. The highest BCUT2D eigenvalue weighted by atomic mass is 16.5. The lowest BCUT2D eigenvalue weighted by atomic mass is 9.88. The third-order valence-corrected chi connectivity index (χ3v) is 4.28. The fourth-order valence-corrected chi connectivity index (χ4v) is 2.79. The Labute approximate surface area is 151 Å². The highest BCUT2D eigenvalue weighted by molar-refractivity contribution is 5.69. The Morgan fingerprint density at radius 1 is 1.20 bits per heavy atom. The molecule has 25 heavy (non-hydrogen) atoms. The Morgan fingerprint density at radius 3 is 2.44 bits per heavy atom. The minimum atomic E-state index is -0.171. The SMILES string of the molecule is COC(=O)CCCc1ccc(C(CCCCC(C)(C)C)N=[N+]=[N-])cc1. The predicted molar refractivity (Wildman–Crippen MR) is 101 cm³/mol. The van der Waals surface area contributed by atoms with Crippen LogP contribution in [0.2, 0.25) is 0 Å². The summed E-state index contributed by atoms with van der Waals surface area (Å²) in [5.41, 5.74) is 11.4. The van der Waals surface area contributed by atoms with Gasteiger partial charge >= 0.3 is 5.97 Å². The number of methoxy groups -OCH3 is 1. The van der Waals surface area contributed by atoms with E-state index in [1.165, 1.54) is 19.1 Å². The number of hydrogen-bond donors (Lipinski definition) is 0. The van der Waals surface area contributed by atoms with Gasteiger partial charge in [0.05, 0.1) is 13.2 Å². The zero-order valence-corrected chi connectivity index (χ0v) is 16.0. The van der Waals surface area contributed by atoms with Crippen LogP contribution >= 0.6 is 0 Å². The molecule has 0 fully saturated rings.